The number of fused-ring (bicyclic) bond motifs is 1. The Balaban J connectivity index is 2.02. The first-order valence-corrected chi connectivity index (χ1v) is 6.92. The molecule has 19 heavy (non-hydrogen) atoms. The molecule has 0 saturated heterocycles. The van der Waals surface area contributed by atoms with Gasteiger partial charge in [0.15, 0.2) is 0 Å². The molecule has 1 aromatic carbocycles. The molecule has 100 valence electrons. The van der Waals surface area contributed by atoms with Gasteiger partial charge in [-0.1, -0.05) is 6.08 Å². The summed E-state index contributed by atoms with van der Waals surface area (Å²) >= 11 is 0. The van der Waals surface area contributed by atoms with Gasteiger partial charge in [0.2, 0.25) is 0 Å². The summed E-state index contributed by atoms with van der Waals surface area (Å²) in [6.45, 7) is 6.13. The number of ether oxygens (including phenoxy) is 1. The van der Waals surface area contributed by atoms with E-state index in [1.807, 2.05) is 6.07 Å². The van der Waals surface area contributed by atoms with E-state index in [4.69, 9.17) is 4.74 Å². The van der Waals surface area contributed by atoms with E-state index in [1.165, 1.54) is 22.0 Å². The van der Waals surface area contributed by atoms with Crippen LogP contribution in [0, 0.1) is 0 Å². The van der Waals surface area contributed by atoms with E-state index in [0.717, 1.165) is 25.3 Å². The molecule has 3 rings (SSSR count). The highest BCUT2D eigenvalue weighted by Crippen LogP contribution is 2.30. The van der Waals surface area contributed by atoms with Gasteiger partial charge in [-0.25, -0.2) is 0 Å². The number of benzene rings is 1. The van der Waals surface area contributed by atoms with Gasteiger partial charge in [0.1, 0.15) is 5.75 Å². The van der Waals surface area contributed by atoms with Crippen molar-refractivity contribution < 1.29 is 4.74 Å². The Bertz CT molecular complexity index is 610. The van der Waals surface area contributed by atoms with Crippen molar-refractivity contribution in [3.63, 3.8) is 0 Å². The monoisotopic (exact) mass is 256 g/mol. The molecule has 1 aliphatic rings. The van der Waals surface area contributed by atoms with Crippen LogP contribution in [0.4, 0.5) is 0 Å². The van der Waals surface area contributed by atoms with Crippen LogP contribution in [-0.2, 0) is 0 Å². The minimum absolute atomic E-state index is 0.206. The summed E-state index contributed by atoms with van der Waals surface area (Å²) in [6.07, 6.45) is 5.68. The normalized spacial score (nSPS) is 15.8. The van der Waals surface area contributed by atoms with E-state index >= 15 is 0 Å². The highest BCUT2D eigenvalue weighted by Gasteiger charge is 2.11. The van der Waals surface area contributed by atoms with Gasteiger partial charge >= 0.3 is 0 Å². The molecule has 0 aliphatic carbocycles. The lowest BCUT2D eigenvalue weighted by atomic mass is 10.00. The van der Waals surface area contributed by atoms with Crippen LogP contribution in [0.2, 0.25) is 0 Å². The second-order valence-electron chi connectivity index (χ2n) is 5.26. The molecule has 2 N–H and O–H groups in total. The Labute approximate surface area is 113 Å². The Morgan fingerprint density at radius 3 is 2.89 bits per heavy atom. The van der Waals surface area contributed by atoms with Crippen molar-refractivity contribution in [3.8, 4) is 5.75 Å². The van der Waals surface area contributed by atoms with Crippen LogP contribution in [-0.4, -0.2) is 24.2 Å². The number of hydrogen-bond donors (Lipinski definition) is 2. The van der Waals surface area contributed by atoms with Crippen molar-refractivity contribution in [1.29, 1.82) is 0 Å². The first kappa shape index (κ1) is 12.3. The van der Waals surface area contributed by atoms with Crippen molar-refractivity contribution in [2.75, 3.05) is 13.1 Å². The predicted molar refractivity (Wildman–Crippen MR) is 79.5 cm³/mol. The minimum Gasteiger partial charge on any atom is -0.491 e. The molecule has 3 nitrogen and oxygen atoms in total. The summed E-state index contributed by atoms with van der Waals surface area (Å²) < 4.78 is 5.79. The van der Waals surface area contributed by atoms with E-state index < -0.39 is 0 Å². The Morgan fingerprint density at radius 1 is 1.26 bits per heavy atom. The molecule has 2 aromatic rings. The van der Waals surface area contributed by atoms with Gasteiger partial charge in [0, 0.05) is 29.2 Å². The lowest BCUT2D eigenvalue weighted by molar-refractivity contribution is 0.243. The zero-order chi connectivity index (χ0) is 13.2. The molecule has 0 bridgehead atoms. The van der Waals surface area contributed by atoms with Gasteiger partial charge in [-0.15, -0.1) is 0 Å². The van der Waals surface area contributed by atoms with Crippen LogP contribution in [0.5, 0.6) is 5.75 Å². The van der Waals surface area contributed by atoms with Crippen LogP contribution in [0.15, 0.2) is 30.5 Å². The maximum Gasteiger partial charge on any atom is 0.120 e. The largest absolute Gasteiger partial charge is 0.491 e. The summed E-state index contributed by atoms with van der Waals surface area (Å²) in [4.78, 5) is 3.35. The van der Waals surface area contributed by atoms with Crippen molar-refractivity contribution in [3.05, 3.63) is 36.0 Å². The molecular formula is C16H20N2O. The van der Waals surface area contributed by atoms with Gasteiger partial charge in [0.25, 0.3) is 0 Å². The summed E-state index contributed by atoms with van der Waals surface area (Å²) in [7, 11) is 0. The minimum atomic E-state index is 0.206. The highest BCUT2D eigenvalue weighted by molar-refractivity contribution is 5.93. The lowest BCUT2D eigenvalue weighted by Crippen LogP contribution is -2.19. The zero-order valence-electron chi connectivity index (χ0n) is 11.5. The number of aromatic amines is 1. The van der Waals surface area contributed by atoms with E-state index in [-0.39, 0.29) is 6.10 Å². The molecule has 0 atom stereocenters. The third kappa shape index (κ3) is 2.51. The molecule has 0 saturated carbocycles. The molecule has 0 radical (unpaired) electrons. The van der Waals surface area contributed by atoms with E-state index in [2.05, 4.69) is 48.6 Å². The topological polar surface area (TPSA) is 37.0 Å². The summed E-state index contributed by atoms with van der Waals surface area (Å²) in [5, 5.41) is 4.61. The predicted octanol–water partition coefficient (Wildman–Crippen LogP) is 3.33. The maximum absolute atomic E-state index is 5.79. The van der Waals surface area contributed by atoms with Crippen molar-refractivity contribution in [1.82, 2.24) is 10.3 Å². The fraction of sp³-hybridized carbons (Fsp3) is 0.375. The van der Waals surface area contributed by atoms with E-state index in [9.17, 15) is 0 Å². The van der Waals surface area contributed by atoms with Crippen LogP contribution >= 0.6 is 0 Å². The van der Waals surface area contributed by atoms with Gasteiger partial charge in [-0.05, 0) is 50.6 Å². The Morgan fingerprint density at radius 2 is 2.16 bits per heavy atom. The molecule has 0 unspecified atom stereocenters. The van der Waals surface area contributed by atoms with E-state index in [1.54, 1.807) is 0 Å². The maximum atomic E-state index is 5.79. The van der Waals surface area contributed by atoms with Gasteiger partial charge in [-0.2, -0.15) is 0 Å². The van der Waals surface area contributed by atoms with Crippen LogP contribution in [0.3, 0.4) is 0 Å². The van der Waals surface area contributed by atoms with Crippen molar-refractivity contribution in [2.24, 2.45) is 0 Å². The third-order valence-electron chi connectivity index (χ3n) is 3.43. The molecular weight excluding hydrogens is 236 g/mol. The molecule has 2 heterocycles. The SMILES string of the molecule is CC(C)Oc1ccc2[nH]cc(C3=CCNCC3)c2c1. The van der Waals surface area contributed by atoms with Crippen LogP contribution in [0.1, 0.15) is 25.8 Å². The molecule has 1 aliphatic heterocycles. The van der Waals surface area contributed by atoms with Gasteiger partial charge in [0.05, 0.1) is 6.10 Å². The first-order valence-electron chi connectivity index (χ1n) is 6.92. The number of aromatic nitrogens is 1. The van der Waals surface area contributed by atoms with Crippen LogP contribution < -0.4 is 10.1 Å². The first-order chi connectivity index (χ1) is 9.24. The molecule has 0 amide bonds. The zero-order valence-corrected chi connectivity index (χ0v) is 11.5. The van der Waals surface area contributed by atoms with E-state index in [0.29, 0.717) is 0 Å². The smallest absolute Gasteiger partial charge is 0.120 e. The van der Waals surface area contributed by atoms with Crippen molar-refractivity contribution in [2.45, 2.75) is 26.4 Å². The van der Waals surface area contributed by atoms with Gasteiger partial charge < -0.3 is 15.0 Å². The fourth-order valence-corrected chi connectivity index (χ4v) is 2.58. The number of H-pyrrole nitrogens is 1. The number of hydrogen-bond acceptors (Lipinski definition) is 2. The molecule has 0 spiro atoms. The van der Waals surface area contributed by atoms with Gasteiger partial charge in [-0.3, -0.25) is 0 Å². The highest BCUT2D eigenvalue weighted by atomic mass is 16.5. The number of rotatable bonds is 3. The average molecular weight is 256 g/mol. The second kappa shape index (κ2) is 5.10. The second-order valence-corrected chi connectivity index (χ2v) is 5.26. The third-order valence-corrected chi connectivity index (χ3v) is 3.43. The van der Waals surface area contributed by atoms with Crippen LogP contribution in [0.25, 0.3) is 16.5 Å². The summed E-state index contributed by atoms with van der Waals surface area (Å²) in [5.74, 6) is 0.942. The fourth-order valence-electron chi connectivity index (χ4n) is 2.58. The Kier molecular flexibility index (Phi) is 3.30. The molecule has 0 fully saturated rings. The average Bonchev–Trinajstić information content (AvgIpc) is 2.82. The quantitative estimate of drug-likeness (QED) is 0.883. The lowest BCUT2D eigenvalue weighted by Gasteiger charge is -2.14. The molecule has 1 aromatic heterocycles. The summed E-state index contributed by atoms with van der Waals surface area (Å²) in [5.41, 5.74) is 3.91. The summed E-state index contributed by atoms with van der Waals surface area (Å²) in [6, 6.07) is 6.27. The molecule has 3 heteroatoms. The Hall–Kier alpha value is -1.74. The standard InChI is InChI=1S/C16H20N2O/c1-11(2)19-13-3-4-16-14(9-13)15(10-18-16)12-5-7-17-8-6-12/h3-5,9-11,17-18H,6-8H2,1-2H3. The number of nitrogens with one attached hydrogen (secondary N) is 2. The van der Waals surface area contributed by atoms with Crippen molar-refractivity contribution >= 4 is 16.5 Å².